The van der Waals surface area contributed by atoms with Crippen molar-refractivity contribution in [1.82, 2.24) is 14.8 Å². The molecule has 28 heavy (non-hydrogen) atoms. The largest absolute Gasteiger partial charge is 0.326 e. The van der Waals surface area contributed by atoms with E-state index in [4.69, 9.17) is 11.6 Å². The fraction of sp³-hybridized carbons (Fsp3) is 0.200. The average Bonchev–Trinajstić information content (AvgIpc) is 3.18. The molecule has 0 radical (unpaired) electrons. The van der Waals surface area contributed by atoms with E-state index in [1.807, 2.05) is 32.0 Å². The zero-order valence-electron chi connectivity index (χ0n) is 15.4. The molecule has 1 atom stereocenters. The SMILES string of the molecule is Cc1ccc(NC(=O)CC2C(=O)Nc3nc(-c4ccc(Cl)cc4)nn32)cc1C. The highest BCUT2D eigenvalue weighted by Gasteiger charge is 2.35. The Morgan fingerprint density at radius 2 is 1.93 bits per heavy atom. The first kappa shape index (κ1) is 18.2. The minimum absolute atomic E-state index is 0.0326. The van der Waals surface area contributed by atoms with Crippen LogP contribution in [0.25, 0.3) is 11.4 Å². The Kier molecular flexibility index (Phi) is 4.60. The molecule has 0 saturated carbocycles. The van der Waals surface area contributed by atoms with Gasteiger partial charge in [-0.1, -0.05) is 17.7 Å². The zero-order chi connectivity index (χ0) is 19.8. The Labute approximate surface area is 166 Å². The molecule has 0 bridgehead atoms. The quantitative estimate of drug-likeness (QED) is 0.704. The molecule has 1 unspecified atom stereocenters. The van der Waals surface area contributed by atoms with Crippen LogP contribution in [0.15, 0.2) is 42.5 Å². The molecule has 0 spiro atoms. The van der Waals surface area contributed by atoms with Gasteiger partial charge >= 0.3 is 0 Å². The number of nitrogens with zero attached hydrogens (tertiary/aromatic N) is 3. The second-order valence-corrected chi connectivity index (χ2v) is 7.20. The molecule has 2 amide bonds. The van der Waals surface area contributed by atoms with Crippen molar-refractivity contribution in [2.45, 2.75) is 26.3 Å². The summed E-state index contributed by atoms with van der Waals surface area (Å²) in [6.07, 6.45) is -0.0326. The maximum atomic E-state index is 12.5. The predicted octanol–water partition coefficient (Wildman–Crippen LogP) is 3.74. The van der Waals surface area contributed by atoms with Crippen LogP contribution >= 0.6 is 11.6 Å². The van der Waals surface area contributed by atoms with Crippen molar-refractivity contribution in [3.8, 4) is 11.4 Å². The smallest absolute Gasteiger partial charge is 0.252 e. The average molecular weight is 396 g/mol. The summed E-state index contributed by atoms with van der Waals surface area (Å²) in [7, 11) is 0. The number of carbonyl (C=O) groups excluding carboxylic acids is 2. The van der Waals surface area contributed by atoms with Gasteiger partial charge in [-0.2, -0.15) is 4.98 Å². The molecule has 2 aromatic carbocycles. The summed E-state index contributed by atoms with van der Waals surface area (Å²) < 4.78 is 1.46. The van der Waals surface area contributed by atoms with Gasteiger partial charge in [-0.3, -0.25) is 14.9 Å². The van der Waals surface area contributed by atoms with E-state index in [9.17, 15) is 9.59 Å². The summed E-state index contributed by atoms with van der Waals surface area (Å²) in [6.45, 7) is 3.99. The highest BCUT2D eigenvalue weighted by molar-refractivity contribution is 6.30. The molecule has 7 nitrogen and oxygen atoms in total. The van der Waals surface area contributed by atoms with E-state index in [-0.39, 0.29) is 18.2 Å². The van der Waals surface area contributed by atoms with Crippen LogP contribution in [0.1, 0.15) is 23.6 Å². The molecule has 0 saturated heterocycles. The van der Waals surface area contributed by atoms with E-state index < -0.39 is 6.04 Å². The molecule has 2 N–H and O–H groups in total. The molecule has 1 aliphatic rings. The minimum Gasteiger partial charge on any atom is -0.326 e. The van der Waals surface area contributed by atoms with Crippen molar-refractivity contribution in [2.24, 2.45) is 0 Å². The Balaban J connectivity index is 1.51. The lowest BCUT2D eigenvalue weighted by atomic mass is 10.1. The number of nitrogens with one attached hydrogen (secondary N) is 2. The normalized spacial score (nSPS) is 15.2. The standard InChI is InChI=1S/C20H18ClN5O2/c1-11-3-8-15(9-12(11)2)22-17(27)10-16-19(28)24-20-23-18(25-26(16)20)13-4-6-14(21)7-5-13/h3-9,16H,10H2,1-2H3,(H,22,27)(H,23,24,25,28). The van der Waals surface area contributed by atoms with Gasteiger partial charge in [0.05, 0.1) is 6.42 Å². The number of hydrogen-bond acceptors (Lipinski definition) is 4. The number of halogens is 1. The summed E-state index contributed by atoms with van der Waals surface area (Å²) in [4.78, 5) is 29.1. The molecular formula is C20H18ClN5O2. The number of rotatable bonds is 4. The van der Waals surface area contributed by atoms with Gasteiger partial charge in [-0.15, -0.1) is 5.10 Å². The van der Waals surface area contributed by atoms with E-state index in [2.05, 4.69) is 20.7 Å². The minimum atomic E-state index is -0.741. The topological polar surface area (TPSA) is 88.9 Å². The third-order valence-electron chi connectivity index (χ3n) is 4.74. The Morgan fingerprint density at radius 3 is 2.64 bits per heavy atom. The highest BCUT2D eigenvalue weighted by atomic mass is 35.5. The monoisotopic (exact) mass is 395 g/mol. The molecule has 2 heterocycles. The molecular weight excluding hydrogens is 378 g/mol. The summed E-state index contributed by atoms with van der Waals surface area (Å²) in [5, 5.41) is 10.5. The van der Waals surface area contributed by atoms with Crippen LogP contribution in [0.3, 0.4) is 0 Å². The summed E-state index contributed by atoms with van der Waals surface area (Å²) in [5.41, 5.74) is 3.71. The van der Waals surface area contributed by atoms with Crippen LogP contribution in [0, 0.1) is 13.8 Å². The maximum Gasteiger partial charge on any atom is 0.252 e. The maximum absolute atomic E-state index is 12.5. The van der Waals surface area contributed by atoms with Crippen LogP contribution in [0.4, 0.5) is 11.6 Å². The van der Waals surface area contributed by atoms with Crippen molar-refractivity contribution in [2.75, 3.05) is 10.6 Å². The van der Waals surface area contributed by atoms with Gasteiger partial charge in [0.2, 0.25) is 11.9 Å². The van der Waals surface area contributed by atoms with Gasteiger partial charge in [0, 0.05) is 16.3 Å². The first-order valence-corrected chi connectivity index (χ1v) is 9.19. The number of amides is 2. The van der Waals surface area contributed by atoms with Gasteiger partial charge in [0.15, 0.2) is 5.82 Å². The van der Waals surface area contributed by atoms with E-state index in [0.717, 1.165) is 16.7 Å². The van der Waals surface area contributed by atoms with Gasteiger partial charge < -0.3 is 5.32 Å². The lowest BCUT2D eigenvalue weighted by Crippen LogP contribution is -2.23. The van der Waals surface area contributed by atoms with E-state index in [0.29, 0.717) is 22.5 Å². The number of aromatic nitrogens is 3. The van der Waals surface area contributed by atoms with Crippen molar-refractivity contribution in [3.05, 3.63) is 58.6 Å². The lowest BCUT2D eigenvalue weighted by Gasteiger charge is -2.11. The van der Waals surface area contributed by atoms with Crippen molar-refractivity contribution >= 4 is 35.1 Å². The van der Waals surface area contributed by atoms with Crippen LogP contribution < -0.4 is 10.6 Å². The van der Waals surface area contributed by atoms with Crippen LogP contribution in [-0.4, -0.2) is 26.6 Å². The third-order valence-corrected chi connectivity index (χ3v) is 4.99. The Hall–Kier alpha value is -3.19. The molecule has 142 valence electrons. The Bertz CT molecular complexity index is 1070. The fourth-order valence-corrected chi connectivity index (χ4v) is 3.16. The van der Waals surface area contributed by atoms with Gasteiger partial charge in [0.25, 0.3) is 5.91 Å². The van der Waals surface area contributed by atoms with E-state index >= 15 is 0 Å². The lowest BCUT2D eigenvalue weighted by molar-refractivity contribution is -0.123. The van der Waals surface area contributed by atoms with Gasteiger partial charge in [0.1, 0.15) is 6.04 Å². The number of carbonyl (C=O) groups is 2. The number of fused-ring (bicyclic) bond motifs is 1. The fourth-order valence-electron chi connectivity index (χ4n) is 3.04. The molecule has 4 rings (SSSR count). The molecule has 1 aromatic heterocycles. The summed E-state index contributed by atoms with van der Waals surface area (Å²) >= 11 is 5.91. The first-order valence-electron chi connectivity index (χ1n) is 8.81. The summed E-state index contributed by atoms with van der Waals surface area (Å²) in [5.74, 6) is 0.234. The molecule has 3 aromatic rings. The van der Waals surface area contributed by atoms with Crippen molar-refractivity contribution in [3.63, 3.8) is 0 Å². The third kappa shape index (κ3) is 3.48. The van der Waals surface area contributed by atoms with Crippen LogP contribution in [0.5, 0.6) is 0 Å². The molecule has 0 fully saturated rings. The summed E-state index contributed by atoms with van der Waals surface area (Å²) in [6, 6.07) is 12.0. The zero-order valence-corrected chi connectivity index (χ0v) is 16.1. The second-order valence-electron chi connectivity index (χ2n) is 6.77. The highest BCUT2D eigenvalue weighted by Crippen LogP contribution is 2.29. The molecule has 1 aliphatic heterocycles. The number of hydrogen-bond donors (Lipinski definition) is 2. The van der Waals surface area contributed by atoms with Gasteiger partial charge in [-0.05, 0) is 61.4 Å². The van der Waals surface area contributed by atoms with Crippen molar-refractivity contribution < 1.29 is 9.59 Å². The van der Waals surface area contributed by atoms with Crippen molar-refractivity contribution in [1.29, 1.82) is 0 Å². The predicted molar refractivity (Wildman–Crippen MR) is 107 cm³/mol. The van der Waals surface area contributed by atoms with Crippen LogP contribution in [0.2, 0.25) is 5.02 Å². The van der Waals surface area contributed by atoms with E-state index in [1.165, 1.54) is 4.68 Å². The van der Waals surface area contributed by atoms with E-state index in [1.54, 1.807) is 24.3 Å². The first-order chi connectivity index (χ1) is 13.4. The Morgan fingerprint density at radius 1 is 1.18 bits per heavy atom. The molecule has 0 aliphatic carbocycles. The van der Waals surface area contributed by atoms with Crippen LogP contribution in [-0.2, 0) is 9.59 Å². The van der Waals surface area contributed by atoms with Gasteiger partial charge in [-0.25, -0.2) is 4.68 Å². The number of aryl methyl sites for hydroxylation is 2. The number of anilines is 2. The second kappa shape index (κ2) is 7.09. The molecule has 8 heteroatoms. The number of benzene rings is 2.